The van der Waals surface area contributed by atoms with Gasteiger partial charge in [0.25, 0.3) is 0 Å². The quantitative estimate of drug-likeness (QED) is 0.652. The molecule has 0 saturated carbocycles. The van der Waals surface area contributed by atoms with Gasteiger partial charge in [-0.15, -0.1) is 0 Å². The largest absolute Gasteiger partial charge is 0.325 e. The number of rotatable bonds is 6. The van der Waals surface area contributed by atoms with Crippen LogP contribution in [0, 0.1) is 12.7 Å². The number of carbonyl (C=O) groups excluding carboxylic acids is 1. The van der Waals surface area contributed by atoms with E-state index < -0.39 is 0 Å². The predicted molar refractivity (Wildman–Crippen MR) is 113 cm³/mol. The van der Waals surface area contributed by atoms with E-state index in [-0.39, 0.29) is 17.6 Å². The van der Waals surface area contributed by atoms with Gasteiger partial charge in [-0.1, -0.05) is 0 Å². The standard InChI is InChI=1S/C22H23FN6O/c1-15-11-19(28-22-24-8-2-9-25-22)12-20(26-15)16-7-10-29(13-16)14-21(30)27-18-5-3-17(23)4-6-18/h2-6,8-9,11-12,16H,7,10,13-14H2,1H3,(H,27,30)(H,24,25,26,28)/t16-/m1/s1. The first-order chi connectivity index (χ1) is 14.5. The summed E-state index contributed by atoms with van der Waals surface area (Å²) in [4.78, 5) is 27.5. The maximum Gasteiger partial charge on any atom is 0.238 e. The fourth-order valence-corrected chi connectivity index (χ4v) is 3.62. The number of carbonyl (C=O) groups is 1. The van der Waals surface area contributed by atoms with Crippen LogP contribution in [-0.4, -0.2) is 45.4 Å². The molecule has 1 aliphatic rings. The highest BCUT2D eigenvalue weighted by Gasteiger charge is 2.26. The number of likely N-dealkylation sites (tertiary alicyclic amines) is 1. The molecule has 3 aromatic rings. The number of pyridine rings is 1. The first kappa shape index (κ1) is 19.9. The van der Waals surface area contributed by atoms with Crippen molar-refractivity contribution in [2.75, 3.05) is 30.3 Å². The zero-order valence-electron chi connectivity index (χ0n) is 16.7. The normalized spacial score (nSPS) is 16.4. The number of amides is 1. The topological polar surface area (TPSA) is 83.0 Å². The van der Waals surface area contributed by atoms with Gasteiger partial charge in [0.05, 0.1) is 6.54 Å². The SMILES string of the molecule is Cc1cc(Nc2ncccn2)cc([C@@H]2CCN(CC(=O)Nc3ccc(F)cc3)C2)n1. The molecule has 0 radical (unpaired) electrons. The molecule has 0 unspecified atom stereocenters. The Hall–Kier alpha value is -3.39. The summed E-state index contributed by atoms with van der Waals surface area (Å²) in [6, 6.07) is 11.5. The van der Waals surface area contributed by atoms with E-state index in [0.29, 0.717) is 18.2 Å². The summed E-state index contributed by atoms with van der Waals surface area (Å²) < 4.78 is 13.0. The van der Waals surface area contributed by atoms with Gasteiger partial charge in [0.2, 0.25) is 11.9 Å². The van der Waals surface area contributed by atoms with Crippen molar-refractivity contribution in [3.05, 3.63) is 72.1 Å². The number of benzene rings is 1. The summed E-state index contributed by atoms with van der Waals surface area (Å²) in [7, 11) is 0. The zero-order chi connectivity index (χ0) is 20.9. The summed E-state index contributed by atoms with van der Waals surface area (Å²) >= 11 is 0. The molecule has 30 heavy (non-hydrogen) atoms. The minimum absolute atomic E-state index is 0.108. The molecule has 8 heteroatoms. The Morgan fingerprint density at radius 1 is 1.17 bits per heavy atom. The van der Waals surface area contributed by atoms with Gasteiger partial charge in [0.1, 0.15) is 5.82 Å². The van der Waals surface area contributed by atoms with E-state index >= 15 is 0 Å². The van der Waals surface area contributed by atoms with E-state index in [1.165, 1.54) is 12.1 Å². The maximum absolute atomic E-state index is 13.0. The highest BCUT2D eigenvalue weighted by Crippen LogP contribution is 2.28. The van der Waals surface area contributed by atoms with E-state index in [0.717, 1.165) is 36.6 Å². The molecular formula is C22H23FN6O. The predicted octanol–water partition coefficient (Wildman–Crippen LogP) is 3.49. The van der Waals surface area contributed by atoms with Crippen LogP contribution in [-0.2, 0) is 4.79 Å². The summed E-state index contributed by atoms with van der Waals surface area (Å²) in [6.45, 7) is 3.84. The van der Waals surface area contributed by atoms with Crippen LogP contribution in [0.2, 0.25) is 0 Å². The van der Waals surface area contributed by atoms with Crippen molar-refractivity contribution in [3.8, 4) is 0 Å². The second kappa shape index (κ2) is 8.96. The van der Waals surface area contributed by atoms with Crippen LogP contribution < -0.4 is 10.6 Å². The number of aryl methyl sites for hydroxylation is 1. The number of aromatic nitrogens is 3. The molecule has 1 fully saturated rings. The van der Waals surface area contributed by atoms with Crippen molar-refractivity contribution in [1.82, 2.24) is 19.9 Å². The molecular weight excluding hydrogens is 383 g/mol. The molecule has 0 bridgehead atoms. The fraction of sp³-hybridized carbons (Fsp3) is 0.273. The fourth-order valence-electron chi connectivity index (χ4n) is 3.62. The van der Waals surface area contributed by atoms with E-state index in [1.54, 1.807) is 30.6 Å². The summed E-state index contributed by atoms with van der Waals surface area (Å²) in [5.74, 6) is 0.358. The molecule has 3 heterocycles. The highest BCUT2D eigenvalue weighted by atomic mass is 19.1. The van der Waals surface area contributed by atoms with Crippen LogP contribution in [0.3, 0.4) is 0 Å². The Morgan fingerprint density at radius 3 is 2.70 bits per heavy atom. The van der Waals surface area contributed by atoms with Gasteiger partial charge in [0, 0.05) is 47.6 Å². The van der Waals surface area contributed by atoms with Gasteiger partial charge in [-0.25, -0.2) is 14.4 Å². The minimum atomic E-state index is -0.325. The van der Waals surface area contributed by atoms with Crippen LogP contribution in [0.1, 0.15) is 23.7 Å². The average Bonchev–Trinajstić information content (AvgIpc) is 3.18. The Bertz CT molecular complexity index is 1010. The minimum Gasteiger partial charge on any atom is -0.325 e. The van der Waals surface area contributed by atoms with Crippen LogP contribution in [0.4, 0.5) is 21.7 Å². The van der Waals surface area contributed by atoms with Crippen LogP contribution in [0.25, 0.3) is 0 Å². The van der Waals surface area contributed by atoms with E-state index in [9.17, 15) is 9.18 Å². The molecule has 2 N–H and O–H groups in total. The van der Waals surface area contributed by atoms with Gasteiger partial charge in [-0.2, -0.15) is 0 Å². The van der Waals surface area contributed by atoms with Crippen LogP contribution in [0.15, 0.2) is 54.9 Å². The molecule has 0 spiro atoms. The van der Waals surface area contributed by atoms with Crippen LogP contribution in [0.5, 0.6) is 0 Å². The first-order valence-electron chi connectivity index (χ1n) is 9.85. The summed E-state index contributed by atoms with van der Waals surface area (Å²) in [6.07, 6.45) is 4.31. The lowest BCUT2D eigenvalue weighted by molar-refractivity contribution is -0.117. The van der Waals surface area contributed by atoms with Gasteiger partial charge in [-0.05, 0) is 62.4 Å². The van der Waals surface area contributed by atoms with Crippen molar-refractivity contribution in [1.29, 1.82) is 0 Å². The van der Waals surface area contributed by atoms with Gasteiger partial charge < -0.3 is 10.6 Å². The van der Waals surface area contributed by atoms with Gasteiger partial charge in [0.15, 0.2) is 0 Å². The molecule has 2 aromatic heterocycles. The van der Waals surface area contributed by atoms with Crippen molar-refractivity contribution < 1.29 is 9.18 Å². The third-order valence-corrected chi connectivity index (χ3v) is 4.98. The lowest BCUT2D eigenvalue weighted by Crippen LogP contribution is -2.31. The van der Waals surface area contributed by atoms with Gasteiger partial charge in [-0.3, -0.25) is 14.7 Å². The zero-order valence-corrected chi connectivity index (χ0v) is 16.7. The van der Waals surface area contributed by atoms with E-state index in [1.807, 2.05) is 19.1 Å². The van der Waals surface area contributed by atoms with Crippen molar-refractivity contribution in [3.63, 3.8) is 0 Å². The number of hydrogen-bond donors (Lipinski definition) is 2. The molecule has 1 aliphatic heterocycles. The van der Waals surface area contributed by atoms with Gasteiger partial charge >= 0.3 is 0 Å². The van der Waals surface area contributed by atoms with Crippen molar-refractivity contribution >= 4 is 23.2 Å². The molecule has 1 aromatic carbocycles. The second-order valence-electron chi connectivity index (χ2n) is 7.40. The number of nitrogens with one attached hydrogen (secondary N) is 2. The average molecular weight is 406 g/mol. The highest BCUT2D eigenvalue weighted by molar-refractivity contribution is 5.92. The Labute approximate surface area is 174 Å². The van der Waals surface area contributed by atoms with E-state index in [4.69, 9.17) is 4.98 Å². The summed E-state index contributed by atoms with van der Waals surface area (Å²) in [5.41, 5.74) is 3.40. The number of nitrogens with zero attached hydrogens (tertiary/aromatic N) is 4. The lowest BCUT2D eigenvalue weighted by Gasteiger charge is -2.16. The summed E-state index contributed by atoms with van der Waals surface area (Å²) in [5, 5.41) is 6.03. The smallest absolute Gasteiger partial charge is 0.238 e. The van der Waals surface area contributed by atoms with Crippen molar-refractivity contribution in [2.45, 2.75) is 19.3 Å². The number of hydrogen-bond acceptors (Lipinski definition) is 6. The first-order valence-corrected chi connectivity index (χ1v) is 9.85. The Kier molecular flexibility index (Phi) is 5.94. The number of halogens is 1. The molecule has 0 aliphatic carbocycles. The lowest BCUT2D eigenvalue weighted by atomic mass is 10.0. The van der Waals surface area contributed by atoms with Crippen molar-refractivity contribution in [2.24, 2.45) is 0 Å². The molecule has 1 amide bonds. The molecule has 1 saturated heterocycles. The molecule has 4 rings (SSSR count). The Balaban J connectivity index is 1.36. The number of anilines is 3. The monoisotopic (exact) mass is 406 g/mol. The van der Waals surface area contributed by atoms with Crippen LogP contribution >= 0.6 is 0 Å². The maximum atomic E-state index is 13.0. The Morgan fingerprint density at radius 2 is 1.93 bits per heavy atom. The van der Waals surface area contributed by atoms with E-state index in [2.05, 4.69) is 25.5 Å². The molecule has 1 atom stereocenters. The second-order valence-corrected chi connectivity index (χ2v) is 7.40. The third kappa shape index (κ3) is 5.15. The molecule has 7 nitrogen and oxygen atoms in total. The third-order valence-electron chi connectivity index (χ3n) is 4.98. The molecule has 154 valence electrons.